The summed E-state index contributed by atoms with van der Waals surface area (Å²) in [5.74, 6) is 0.774. The third-order valence-electron chi connectivity index (χ3n) is 3.02. The largest absolute Gasteiger partial charge is 0.331 e. The molecule has 1 aromatic rings. The van der Waals surface area contributed by atoms with Crippen molar-refractivity contribution in [2.24, 2.45) is 0 Å². The first-order valence-corrected chi connectivity index (χ1v) is 9.09. The second-order valence-electron chi connectivity index (χ2n) is 4.56. The van der Waals surface area contributed by atoms with Crippen LogP contribution < -0.4 is 4.72 Å². The Hall–Kier alpha value is -1.41. The minimum absolute atomic E-state index is 0.0528. The average Bonchev–Trinajstić information content (AvgIpc) is 2.39. The molecule has 0 spiro atoms. The van der Waals surface area contributed by atoms with Gasteiger partial charge in [-0.2, -0.15) is 0 Å². The molecule has 6 nitrogen and oxygen atoms in total. The van der Waals surface area contributed by atoms with Gasteiger partial charge in [0.1, 0.15) is 0 Å². The maximum absolute atomic E-state index is 12.0. The van der Waals surface area contributed by atoms with E-state index in [-0.39, 0.29) is 4.90 Å². The molecule has 1 aliphatic heterocycles. The molecule has 0 bridgehead atoms. The lowest BCUT2D eigenvalue weighted by atomic mass is 10.2. The molecule has 1 heterocycles. The van der Waals surface area contributed by atoms with Crippen LogP contribution in [0.1, 0.15) is 5.56 Å². The van der Waals surface area contributed by atoms with Crippen LogP contribution in [0.15, 0.2) is 29.2 Å². The molecular weight excluding hydrogens is 300 g/mol. The molecule has 0 aromatic heterocycles. The number of nitrogens with zero attached hydrogens (tertiary/aromatic N) is 1. The second-order valence-corrected chi connectivity index (χ2v) is 7.94. The van der Waals surface area contributed by atoms with Crippen LogP contribution in [0.2, 0.25) is 0 Å². The number of carbonyl (C=O) groups excluding carboxylic acids is 1. The van der Waals surface area contributed by atoms with Gasteiger partial charge in [-0.3, -0.25) is 4.21 Å². The molecule has 8 heteroatoms. The number of aryl methyl sites for hydroxylation is 1. The highest BCUT2D eigenvalue weighted by atomic mass is 32.2. The Morgan fingerprint density at radius 2 is 1.75 bits per heavy atom. The van der Waals surface area contributed by atoms with Crippen LogP contribution in [0.5, 0.6) is 0 Å². The highest BCUT2D eigenvalue weighted by Crippen LogP contribution is 2.10. The average molecular weight is 316 g/mol. The third-order valence-corrected chi connectivity index (χ3v) is 5.63. The Bertz CT molecular complexity index is 615. The normalized spacial score (nSPS) is 16.9. The number of hydrogen-bond donors (Lipinski definition) is 1. The van der Waals surface area contributed by atoms with Crippen molar-refractivity contribution < 1.29 is 17.4 Å². The molecule has 0 unspecified atom stereocenters. The van der Waals surface area contributed by atoms with Crippen LogP contribution in [0.4, 0.5) is 4.79 Å². The zero-order valence-corrected chi connectivity index (χ0v) is 12.7. The predicted octanol–water partition coefficient (Wildman–Crippen LogP) is 0.458. The molecule has 1 N–H and O–H groups in total. The Kier molecular flexibility index (Phi) is 4.44. The first-order chi connectivity index (χ1) is 9.38. The van der Waals surface area contributed by atoms with Crippen LogP contribution in [0, 0.1) is 6.92 Å². The lowest BCUT2D eigenvalue weighted by Crippen LogP contribution is -2.48. The van der Waals surface area contributed by atoms with Crippen LogP contribution in [-0.4, -0.2) is 48.2 Å². The van der Waals surface area contributed by atoms with E-state index in [1.165, 1.54) is 17.0 Å². The minimum atomic E-state index is -3.86. The zero-order valence-electron chi connectivity index (χ0n) is 11.0. The van der Waals surface area contributed by atoms with Crippen LogP contribution in [0.25, 0.3) is 0 Å². The molecule has 0 saturated carbocycles. The summed E-state index contributed by atoms with van der Waals surface area (Å²) >= 11 is 0. The van der Waals surface area contributed by atoms with Gasteiger partial charge >= 0.3 is 6.03 Å². The van der Waals surface area contributed by atoms with Crippen molar-refractivity contribution in [1.29, 1.82) is 0 Å². The molecule has 1 aromatic carbocycles. The Morgan fingerprint density at radius 1 is 1.20 bits per heavy atom. The fourth-order valence-corrected chi connectivity index (χ4v) is 3.82. The zero-order chi connectivity index (χ0) is 14.8. The molecule has 110 valence electrons. The van der Waals surface area contributed by atoms with Gasteiger partial charge in [-0.25, -0.2) is 17.9 Å². The van der Waals surface area contributed by atoms with Gasteiger partial charge in [0, 0.05) is 35.4 Å². The molecule has 0 aliphatic carbocycles. The standard InChI is InChI=1S/C12H16N2O4S2/c1-10-2-4-11(5-3-10)20(17,18)13-12(15)14-6-8-19(16)9-7-14/h2-5H,6-9H2,1H3,(H,13,15). The molecule has 1 fully saturated rings. The van der Waals surface area contributed by atoms with E-state index >= 15 is 0 Å². The highest BCUT2D eigenvalue weighted by molar-refractivity contribution is 7.90. The summed E-state index contributed by atoms with van der Waals surface area (Å²) in [6, 6.07) is 5.58. The van der Waals surface area contributed by atoms with Gasteiger partial charge < -0.3 is 4.90 Å². The van der Waals surface area contributed by atoms with Crippen molar-refractivity contribution >= 4 is 26.9 Å². The number of amides is 2. The Balaban J connectivity index is 2.06. The van der Waals surface area contributed by atoms with E-state index in [1.807, 2.05) is 11.6 Å². The minimum Gasteiger partial charge on any atom is -0.322 e. The van der Waals surface area contributed by atoms with Crippen molar-refractivity contribution in [3.63, 3.8) is 0 Å². The molecule has 1 aliphatic rings. The smallest absolute Gasteiger partial charge is 0.322 e. The van der Waals surface area contributed by atoms with Gasteiger partial charge in [-0.05, 0) is 19.1 Å². The van der Waals surface area contributed by atoms with Gasteiger partial charge in [-0.1, -0.05) is 17.7 Å². The lowest BCUT2D eigenvalue weighted by Gasteiger charge is -2.26. The summed E-state index contributed by atoms with van der Waals surface area (Å²) in [4.78, 5) is 13.3. The van der Waals surface area contributed by atoms with E-state index in [0.717, 1.165) is 5.56 Å². The maximum Gasteiger partial charge on any atom is 0.331 e. The number of nitrogens with one attached hydrogen (secondary N) is 1. The lowest BCUT2D eigenvalue weighted by molar-refractivity contribution is 0.208. The van der Waals surface area contributed by atoms with Crippen molar-refractivity contribution in [3.8, 4) is 0 Å². The molecular formula is C12H16N2O4S2. The summed E-state index contributed by atoms with van der Waals surface area (Å²) in [6.07, 6.45) is 0. The summed E-state index contributed by atoms with van der Waals surface area (Å²) in [7, 11) is -4.77. The molecule has 2 amide bonds. The first kappa shape index (κ1) is 15.0. The van der Waals surface area contributed by atoms with Gasteiger partial charge in [0.25, 0.3) is 10.0 Å². The number of rotatable bonds is 2. The molecule has 2 rings (SSSR count). The number of carbonyl (C=O) groups is 1. The predicted molar refractivity (Wildman–Crippen MR) is 76.3 cm³/mol. The van der Waals surface area contributed by atoms with Crippen molar-refractivity contribution in [2.45, 2.75) is 11.8 Å². The van der Waals surface area contributed by atoms with Gasteiger partial charge in [0.05, 0.1) is 4.90 Å². The quantitative estimate of drug-likeness (QED) is 0.859. The fourth-order valence-electron chi connectivity index (χ4n) is 1.80. The Labute approximate surface area is 120 Å². The highest BCUT2D eigenvalue weighted by Gasteiger charge is 2.24. The van der Waals surface area contributed by atoms with E-state index in [9.17, 15) is 17.4 Å². The van der Waals surface area contributed by atoms with Gasteiger partial charge in [0.15, 0.2) is 0 Å². The Morgan fingerprint density at radius 3 is 2.30 bits per heavy atom. The van der Waals surface area contributed by atoms with E-state index in [2.05, 4.69) is 0 Å². The molecule has 1 saturated heterocycles. The van der Waals surface area contributed by atoms with E-state index in [1.54, 1.807) is 12.1 Å². The van der Waals surface area contributed by atoms with E-state index < -0.39 is 26.9 Å². The van der Waals surface area contributed by atoms with E-state index in [4.69, 9.17) is 0 Å². The summed E-state index contributed by atoms with van der Waals surface area (Å²) in [6.45, 7) is 2.46. The maximum atomic E-state index is 12.0. The third kappa shape index (κ3) is 3.57. The number of urea groups is 1. The first-order valence-electron chi connectivity index (χ1n) is 6.12. The van der Waals surface area contributed by atoms with Crippen LogP contribution in [0.3, 0.4) is 0 Å². The number of sulfonamides is 1. The van der Waals surface area contributed by atoms with Gasteiger partial charge in [-0.15, -0.1) is 0 Å². The summed E-state index contributed by atoms with van der Waals surface area (Å²) < 4.78 is 37.3. The van der Waals surface area contributed by atoms with E-state index in [0.29, 0.717) is 24.6 Å². The molecule has 20 heavy (non-hydrogen) atoms. The second kappa shape index (κ2) is 5.92. The summed E-state index contributed by atoms with van der Waals surface area (Å²) in [5.41, 5.74) is 0.939. The van der Waals surface area contributed by atoms with Crippen molar-refractivity contribution in [1.82, 2.24) is 9.62 Å². The SMILES string of the molecule is Cc1ccc(S(=O)(=O)NC(=O)N2CCS(=O)CC2)cc1. The number of hydrogen-bond acceptors (Lipinski definition) is 4. The summed E-state index contributed by atoms with van der Waals surface area (Å²) in [5, 5.41) is 0. The van der Waals surface area contributed by atoms with Crippen molar-refractivity contribution in [2.75, 3.05) is 24.6 Å². The van der Waals surface area contributed by atoms with Crippen LogP contribution >= 0.6 is 0 Å². The van der Waals surface area contributed by atoms with Gasteiger partial charge in [0.2, 0.25) is 0 Å². The van der Waals surface area contributed by atoms with Crippen LogP contribution in [-0.2, 0) is 20.8 Å². The number of benzene rings is 1. The topological polar surface area (TPSA) is 83.6 Å². The van der Waals surface area contributed by atoms with Crippen molar-refractivity contribution in [3.05, 3.63) is 29.8 Å². The molecule has 0 atom stereocenters. The fraction of sp³-hybridized carbons (Fsp3) is 0.417. The molecule has 0 radical (unpaired) electrons. The monoisotopic (exact) mass is 316 g/mol.